The molecule has 0 bridgehead atoms. The van der Waals surface area contributed by atoms with E-state index in [9.17, 15) is 4.79 Å². The Hall–Kier alpha value is -0.530. The van der Waals surface area contributed by atoms with E-state index in [1.165, 1.54) is 96.3 Å². The summed E-state index contributed by atoms with van der Waals surface area (Å²) in [5.74, 6) is 0.739. The predicted octanol–water partition coefficient (Wildman–Crippen LogP) is 7.06. The summed E-state index contributed by atoms with van der Waals surface area (Å²) in [6.07, 6.45) is 22.0. The van der Waals surface area contributed by atoms with Gasteiger partial charge in [-0.15, -0.1) is 0 Å². The molecule has 0 N–H and O–H groups in total. The van der Waals surface area contributed by atoms with Crippen LogP contribution in [0.25, 0.3) is 0 Å². The van der Waals surface area contributed by atoms with Crippen LogP contribution in [0.4, 0.5) is 0 Å². The van der Waals surface area contributed by atoms with Gasteiger partial charge in [-0.1, -0.05) is 110 Å². The van der Waals surface area contributed by atoms with Crippen LogP contribution in [0.15, 0.2) is 0 Å². The van der Waals surface area contributed by atoms with Crippen LogP contribution in [0.1, 0.15) is 117 Å². The highest BCUT2D eigenvalue weighted by Gasteiger charge is 2.06. The third-order valence-electron chi connectivity index (χ3n) is 5.01. The fourth-order valence-corrected chi connectivity index (χ4v) is 3.29. The second-order valence-corrected chi connectivity index (χ2v) is 7.06. The summed E-state index contributed by atoms with van der Waals surface area (Å²) >= 11 is 0. The molecule has 0 amide bonds. The van der Waals surface area contributed by atoms with Gasteiger partial charge in [0.25, 0.3) is 6.47 Å². The number of unbranched alkanes of at least 4 members (excludes halogenated alkanes) is 12. The molecule has 2 nitrogen and oxygen atoms in total. The molecule has 0 aromatic carbocycles. The van der Waals surface area contributed by atoms with E-state index in [0.717, 1.165) is 12.3 Å². The maximum absolute atomic E-state index is 10.1. The van der Waals surface area contributed by atoms with Crippen molar-refractivity contribution in [1.82, 2.24) is 0 Å². The molecule has 0 aliphatic rings. The van der Waals surface area contributed by atoms with Crippen molar-refractivity contribution >= 4 is 6.47 Å². The summed E-state index contributed by atoms with van der Waals surface area (Å²) in [5.41, 5.74) is 0. The van der Waals surface area contributed by atoms with Gasteiger partial charge in [0.2, 0.25) is 0 Å². The van der Waals surface area contributed by atoms with Crippen molar-refractivity contribution in [2.24, 2.45) is 5.92 Å². The van der Waals surface area contributed by atoms with Crippen LogP contribution >= 0.6 is 0 Å². The molecular weight excluding hydrogens is 284 g/mol. The van der Waals surface area contributed by atoms with Gasteiger partial charge in [-0.3, -0.25) is 4.79 Å². The highest BCUT2D eigenvalue weighted by Crippen LogP contribution is 2.18. The minimum absolute atomic E-state index is 0.567. The first-order chi connectivity index (χ1) is 11.3. The van der Waals surface area contributed by atoms with E-state index in [2.05, 4.69) is 13.8 Å². The molecule has 0 aromatic heterocycles. The topological polar surface area (TPSA) is 26.3 Å². The second-order valence-electron chi connectivity index (χ2n) is 7.06. The van der Waals surface area contributed by atoms with Crippen LogP contribution in [0, 0.1) is 5.92 Å². The number of hydrogen-bond donors (Lipinski definition) is 0. The second kappa shape index (κ2) is 19.5. The standard InChI is InChI=1S/C21H42O2/c1-3-5-6-7-8-9-10-11-12-13-14-15-16-17-21(4-2)18-19-23-20-22/h20-21H,3-19H2,1-2H3. The smallest absolute Gasteiger partial charge is 0.293 e. The summed E-state index contributed by atoms with van der Waals surface area (Å²) in [7, 11) is 0. The molecule has 0 saturated heterocycles. The molecule has 0 rings (SSSR count). The van der Waals surface area contributed by atoms with Gasteiger partial charge in [-0.2, -0.15) is 0 Å². The first kappa shape index (κ1) is 22.5. The van der Waals surface area contributed by atoms with Crippen molar-refractivity contribution in [3.8, 4) is 0 Å². The van der Waals surface area contributed by atoms with Gasteiger partial charge >= 0.3 is 0 Å². The Kier molecular flexibility index (Phi) is 19.1. The van der Waals surface area contributed by atoms with E-state index in [1.807, 2.05) is 0 Å². The summed E-state index contributed by atoms with van der Waals surface area (Å²) in [4.78, 5) is 10.1. The monoisotopic (exact) mass is 326 g/mol. The van der Waals surface area contributed by atoms with E-state index in [0.29, 0.717) is 13.1 Å². The lowest BCUT2D eigenvalue weighted by Crippen LogP contribution is -2.04. The number of rotatable bonds is 19. The van der Waals surface area contributed by atoms with E-state index < -0.39 is 0 Å². The molecule has 0 heterocycles. The van der Waals surface area contributed by atoms with Gasteiger partial charge in [-0.05, 0) is 12.3 Å². The lowest BCUT2D eigenvalue weighted by Gasteiger charge is -2.13. The van der Waals surface area contributed by atoms with Crippen molar-refractivity contribution in [2.45, 2.75) is 117 Å². The van der Waals surface area contributed by atoms with Gasteiger partial charge in [0, 0.05) is 0 Å². The van der Waals surface area contributed by atoms with Crippen LogP contribution < -0.4 is 0 Å². The molecule has 2 heteroatoms. The molecule has 1 atom stereocenters. The third kappa shape index (κ3) is 17.7. The predicted molar refractivity (Wildman–Crippen MR) is 101 cm³/mol. The minimum Gasteiger partial charge on any atom is -0.468 e. The molecule has 0 spiro atoms. The summed E-state index contributed by atoms with van der Waals surface area (Å²) in [6.45, 7) is 5.69. The normalized spacial score (nSPS) is 12.3. The van der Waals surface area contributed by atoms with Crippen LogP contribution in [-0.4, -0.2) is 13.1 Å². The summed E-state index contributed by atoms with van der Waals surface area (Å²) in [6, 6.07) is 0. The molecular formula is C21H42O2. The zero-order chi connectivity index (χ0) is 17.0. The van der Waals surface area contributed by atoms with Crippen molar-refractivity contribution in [2.75, 3.05) is 6.61 Å². The van der Waals surface area contributed by atoms with Crippen molar-refractivity contribution in [3.05, 3.63) is 0 Å². The SMILES string of the molecule is CCCCCCCCCCCCCCCC(CC)CCOC=O. The molecule has 0 aliphatic heterocycles. The van der Waals surface area contributed by atoms with E-state index in [-0.39, 0.29) is 0 Å². The largest absolute Gasteiger partial charge is 0.468 e. The highest BCUT2D eigenvalue weighted by molar-refractivity contribution is 5.36. The molecule has 0 fully saturated rings. The first-order valence-electron chi connectivity index (χ1n) is 10.4. The Morgan fingerprint density at radius 1 is 0.696 bits per heavy atom. The third-order valence-corrected chi connectivity index (χ3v) is 5.01. The summed E-state index contributed by atoms with van der Waals surface area (Å²) < 4.78 is 4.80. The maximum Gasteiger partial charge on any atom is 0.293 e. The van der Waals surface area contributed by atoms with Crippen LogP contribution in [-0.2, 0) is 9.53 Å². The fraction of sp³-hybridized carbons (Fsp3) is 0.952. The Bertz CT molecular complexity index is 228. The van der Waals surface area contributed by atoms with Gasteiger partial charge < -0.3 is 4.74 Å². The zero-order valence-electron chi connectivity index (χ0n) is 16.0. The number of hydrogen-bond acceptors (Lipinski definition) is 2. The number of carbonyl (C=O) groups is 1. The molecule has 0 saturated carbocycles. The molecule has 138 valence electrons. The van der Waals surface area contributed by atoms with Crippen LogP contribution in [0.2, 0.25) is 0 Å². The molecule has 0 radical (unpaired) electrons. The lowest BCUT2D eigenvalue weighted by molar-refractivity contribution is -0.129. The zero-order valence-corrected chi connectivity index (χ0v) is 16.0. The molecule has 1 unspecified atom stereocenters. The fourth-order valence-electron chi connectivity index (χ4n) is 3.29. The van der Waals surface area contributed by atoms with Gasteiger partial charge in [0.15, 0.2) is 0 Å². The van der Waals surface area contributed by atoms with Crippen LogP contribution in [0.3, 0.4) is 0 Å². The molecule has 0 aromatic rings. The summed E-state index contributed by atoms with van der Waals surface area (Å²) in [5, 5.41) is 0. The Morgan fingerprint density at radius 2 is 1.17 bits per heavy atom. The first-order valence-corrected chi connectivity index (χ1v) is 10.4. The molecule has 23 heavy (non-hydrogen) atoms. The van der Waals surface area contributed by atoms with Crippen molar-refractivity contribution in [1.29, 1.82) is 0 Å². The van der Waals surface area contributed by atoms with Gasteiger partial charge in [0.05, 0.1) is 6.61 Å². The van der Waals surface area contributed by atoms with Gasteiger partial charge in [-0.25, -0.2) is 0 Å². The van der Waals surface area contributed by atoms with E-state index >= 15 is 0 Å². The Labute approximate surface area is 145 Å². The van der Waals surface area contributed by atoms with Gasteiger partial charge in [0.1, 0.15) is 0 Å². The van der Waals surface area contributed by atoms with Crippen molar-refractivity contribution < 1.29 is 9.53 Å². The Balaban J connectivity index is 3.18. The number of ether oxygens (including phenoxy) is 1. The average Bonchev–Trinajstić information content (AvgIpc) is 2.57. The average molecular weight is 327 g/mol. The van der Waals surface area contributed by atoms with Crippen LogP contribution in [0.5, 0.6) is 0 Å². The number of carbonyl (C=O) groups excluding carboxylic acids is 1. The molecule has 0 aliphatic carbocycles. The Morgan fingerprint density at radius 3 is 1.61 bits per heavy atom. The highest BCUT2D eigenvalue weighted by atomic mass is 16.5. The maximum atomic E-state index is 10.1. The van der Waals surface area contributed by atoms with Crippen molar-refractivity contribution in [3.63, 3.8) is 0 Å². The lowest BCUT2D eigenvalue weighted by atomic mass is 9.95. The minimum atomic E-state index is 0.567. The quantitative estimate of drug-likeness (QED) is 0.188. The van der Waals surface area contributed by atoms with E-state index in [1.54, 1.807) is 0 Å². The van der Waals surface area contributed by atoms with E-state index in [4.69, 9.17) is 4.74 Å².